The van der Waals surface area contributed by atoms with Crippen LogP contribution in [0.25, 0.3) is 0 Å². The summed E-state index contributed by atoms with van der Waals surface area (Å²) >= 11 is 0. The van der Waals surface area contributed by atoms with Gasteiger partial charge in [-0.2, -0.15) is 0 Å². The molecule has 18 heavy (non-hydrogen) atoms. The molecule has 1 saturated carbocycles. The van der Waals surface area contributed by atoms with E-state index in [0.717, 1.165) is 5.56 Å². The Hall–Kier alpha value is -1.97. The second kappa shape index (κ2) is 5.12. The fourth-order valence-electron chi connectivity index (χ4n) is 1.74. The predicted octanol–water partition coefficient (Wildman–Crippen LogP) is 3.14. The van der Waals surface area contributed by atoms with Crippen molar-refractivity contribution in [2.24, 2.45) is 5.92 Å². The number of aromatic hydroxyl groups is 1. The van der Waals surface area contributed by atoms with E-state index in [1.54, 1.807) is 24.4 Å². The molecule has 0 aliphatic heterocycles. The summed E-state index contributed by atoms with van der Waals surface area (Å²) in [7, 11) is 0. The Morgan fingerprint density at radius 1 is 1.44 bits per heavy atom. The molecule has 1 aromatic rings. The molecular weight excluding hydrogens is 228 g/mol. The molecule has 0 unspecified atom stereocenters. The lowest BCUT2D eigenvalue weighted by Gasteiger charge is -2.08. The first-order chi connectivity index (χ1) is 8.56. The van der Waals surface area contributed by atoms with Crippen molar-refractivity contribution < 1.29 is 9.90 Å². The zero-order valence-electron chi connectivity index (χ0n) is 10.7. The number of phenolic OH excluding ortho intramolecular Hbond substituents is 1. The van der Waals surface area contributed by atoms with Gasteiger partial charge in [0.05, 0.1) is 5.69 Å². The molecule has 0 aromatic heterocycles. The van der Waals surface area contributed by atoms with Crippen molar-refractivity contribution >= 4 is 11.7 Å². The third-order valence-corrected chi connectivity index (χ3v) is 3.05. The van der Waals surface area contributed by atoms with Crippen molar-refractivity contribution in [3.05, 3.63) is 35.5 Å². The molecule has 3 N–H and O–H groups in total. The monoisotopic (exact) mass is 246 g/mol. The molecular formula is C14H18N2O2. The van der Waals surface area contributed by atoms with Crippen LogP contribution in [0.3, 0.4) is 0 Å². The van der Waals surface area contributed by atoms with Crippen LogP contribution in [0.1, 0.15) is 25.3 Å². The molecule has 0 saturated heterocycles. The van der Waals surface area contributed by atoms with Crippen LogP contribution in [-0.2, 0) is 0 Å². The number of nitrogens with one attached hydrogen (secondary N) is 2. The third kappa shape index (κ3) is 3.26. The highest BCUT2D eigenvalue weighted by Gasteiger charge is 2.22. The van der Waals surface area contributed by atoms with Crippen LogP contribution in [-0.4, -0.2) is 11.1 Å². The quantitative estimate of drug-likeness (QED) is 0.717. The van der Waals surface area contributed by atoms with E-state index in [2.05, 4.69) is 10.6 Å². The fourth-order valence-corrected chi connectivity index (χ4v) is 1.74. The van der Waals surface area contributed by atoms with Crippen LogP contribution in [0.5, 0.6) is 5.75 Å². The molecule has 1 aliphatic rings. The molecule has 1 fully saturated rings. The first kappa shape index (κ1) is 12.5. The van der Waals surface area contributed by atoms with Crippen molar-refractivity contribution in [3.8, 4) is 5.75 Å². The van der Waals surface area contributed by atoms with Gasteiger partial charge >= 0.3 is 6.03 Å². The predicted molar refractivity (Wildman–Crippen MR) is 71.5 cm³/mol. The van der Waals surface area contributed by atoms with Crippen molar-refractivity contribution in [2.75, 3.05) is 5.32 Å². The van der Waals surface area contributed by atoms with Gasteiger partial charge in [-0.05, 0) is 50.3 Å². The number of allylic oxidation sites excluding steroid dienone is 1. The van der Waals surface area contributed by atoms with E-state index < -0.39 is 0 Å². The molecule has 4 nitrogen and oxygen atoms in total. The average Bonchev–Trinajstić information content (AvgIpc) is 3.15. The van der Waals surface area contributed by atoms with Gasteiger partial charge < -0.3 is 15.7 Å². The SMILES string of the molecule is C/C(=C\NC(=O)Nc1cc(C)ccc1O)C1CC1. The molecule has 1 aliphatic carbocycles. The maximum atomic E-state index is 11.6. The smallest absolute Gasteiger partial charge is 0.323 e. The largest absolute Gasteiger partial charge is 0.506 e. The van der Waals surface area contributed by atoms with Crippen molar-refractivity contribution in [1.29, 1.82) is 0 Å². The summed E-state index contributed by atoms with van der Waals surface area (Å²) in [5, 5.41) is 14.9. The number of rotatable bonds is 3. The van der Waals surface area contributed by atoms with Crippen LogP contribution >= 0.6 is 0 Å². The molecule has 96 valence electrons. The molecule has 1 aromatic carbocycles. The van der Waals surface area contributed by atoms with E-state index in [1.807, 2.05) is 13.8 Å². The summed E-state index contributed by atoms with van der Waals surface area (Å²) in [5.41, 5.74) is 2.59. The Morgan fingerprint density at radius 2 is 2.17 bits per heavy atom. The minimum Gasteiger partial charge on any atom is -0.506 e. The standard InChI is InChI=1S/C14H18N2O2/c1-9-3-6-13(17)12(7-9)16-14(18)15-8-10(2)11-4-5-11/h3,6-8,11,17H,4-5H2,1-2H3,(H2,15,16,18)/b10-8+. The molecule has 2 rings (SSSR count). The van der Waals surface area contributed by atoms with Crippen LogP contribution < -0.4 is 10.6 Å². The van der Waals surface area contributed by atoms with E-state index in [9.17, 15) is 9.90 Å². The van der Waals surface area contributed by atoms with Crippen molar-refractivity contribution in [1.82, 2.24) is 5.32 Å². The normalized spacial score (nSPS) is 15.3. The Morgan fingerprint density at radius 3 is 2.83 bits per heavy atom. The first-order valence-electron chi connectivity index (χ1n) is 6.10. The number of anilines is 1. The van der Waals surface area contributed by atoms with Gasteiger partial charge in [0.2, 0.25) is 0 Å². The van der Waals surface area contributed by atoms with Gasteiger partial charge in [0.25, 0.3) is 0 Å². The second-order valence-corrected chi connectivity index (χ2v) is 4.78. The van der Waals surface area contributed by atoms with Gasteiger partial charge in [-0.25, -0.2) is 4.79 Å². The van der Waals surface area contributed by atoms with Crippen molar-refractivity contribution in [2.45, 2.75) is 26.7 Å². The summed E-state index contributed by atoms with van der Waals surface area (Å²) in [5.74, 6) is 0.705. The minimum absolute atomic E-state index is 0.0682. The highest BCUT2D eigenvalue weighted by molar-refractivity contribution is 5.91. The Balaban J connectivity index is 1.94. The molecule has 4 heteroatoms. The number of urea groups is 1. The van der Waals surface area contributed by atoms with Crippen LogP contribution in [0.15, 0.2) is 30.0 Å². The molecule has 0 bridgehead atoms. The number of amides is 2. The number of hydrogen-bond donors (Lipinski definition) is 3. The lowest BCUT2D eigenvalue weighted by molar-refractivity contribution is 0.255. The Kier molecular flexibility index (Phi) is 3.55. The van der Waals surface area contributed by atoms with E-state index in [1.165, 1.54) is 18.4 Å². The lowest BCUT2D eigenvalue weighted by Crippen LogP contribution is -2.24. The molecule has 2 amide bonds. The van der Waals surface area contributed by atoms with Crippen LogP contribution in [0.4, 0.5) is 10.5 Å². The summed E-state index contributed by atoms with van der Waals surface area (Å²) in [4.78, 5) is 11.6. The number of hydrogen-bond acceptors (Lipinski definition) is 2. The van der Waals surface area contributed by atoms with E-state index in [0.29, 0.717) is 11.6 Å². The number of benzene rings is 1. The maximum Gasteiger partial charge on any atom is 0.323 e. The average molecular weight is 246 g/mol. The lowest BCUT2D eigenvalue weighted by atomic mass is 10.2. The number of carbonyl (C=O) groups excluding carboxylic acids is 1. The van der Waals surface area contributed by atoms with Gasteiger partial charge in [-0.3, -0.25) is 0 Å². The number of phenols is 1. The zero-order valence-corrected chi connectivity index (χ0v) is 10.7. The summed E-state index contributed by atoms with van der Waals surface area (Å²) < 4.78 is 0. The third-order valence-electron chi connectivity index (χ3n) is 3.05. The minimum atomic E-state index is -0.337. The van der Waals surface area contributed by atoms with Crippen LogP contribution in [0, 0.1) is 12.8 Å². The van der Waals surface area contributed by atoms with E-state index in [4.69, 9.17) is 0 Å². The van der Waals surface area contributed by atoms with Gasteiger partial charge in [-0.1, -0.05) is 11.6 Å². The maximum absolute atomic E-state index is 11.6. The summed E-state index contributed by atoms with van der Waals surface area (Å²) in [6.45, 7) is 3.92. The zero-order chi connectivity index (χ0) is 13.1. The van der Waals surface area contributed by atoms with E-state index in [-0.39, 0.29) is 11.8 Å². The molecule has 0 heterocycles. The second-order valence-electron chi connectivity index (χ2n) is 4.78. The number of aryl methyl sites for hydroxylation is 1. The van der Waals surface area contributed by atoms with Gasteiger partial charge in [0.15, 0.2) is 0 Å². The summed E-state index contributed by atoms with van der Waals surface area (Å²) in [6.07, 6.45) is 4.16. The highest BCUT2D eigenvalue weighted by Crippen LogP contribution is 2.35. The van der Waals surface area contributed by atoms with E-state index >= 15 is 0 Å². The van der Waals surface area contributed by atoms with Crippen LogP contribution in [0.2, 0.25) is 0 Å². The Labute approximate surface area is 107 Å². The first-order valence-corrected chi connectivity index (χ1v) is 6.10. The summed E-state index contributed by atoms with van der Waals surface area (Å²) in [6, 6.07) is 4.74. The fraction of sp³-hybridized carbons (Fsp3) is 0.357. The molecule has 0 radical (unpaired) electrons. The molecule has 0 atom stereocenters. The number of carbonyl (C=O) groups is 1. The highest BCUT2D eigenvalue weighted by atomic mass is 16.3. The van der Waals surface area contributed by atoms with Gasteiger partial charge in [0, 0.05) is 6.20 Å². The molecule has 0 spiro atoms. The topological polar surface area (TPSA) is 61.4 Å². The Bertz CT molecular complexity index is 491. The van der Waals surface area contributed by atoms with Gasteiger partial charge in [-0.15, -0.1) is 0 Å². The van der Waals surface area contributed by atoms with Crippen molar-refractivity contribution in [3.63, 3.8) is 0 Å². The van der Waals surface area contributed by atoms with Gasteiger partial charge in [0.1, 0.15) is 5.75 Å².